The van der Waals surface area contributed by atoms with E-state index in [1.54, 1.807) is 4.90 Å². The highest BCUT2D eigenvalue weighted by molar-refractivity contribution is 6.56. The van der Waals surface area contributed by atoms with Crippen molar-refractivity contribution in [2.24, 2.45) is 0 Å². The molecule has 1 saturated carbocycles. The van der Waals surface area contributed by atoms with Gasteiger partial charge in [-0.3, -0.25) is 14.4 Å². The molecule has 136 valence electrons. The standard InChI is InChI=1S/C16H17BN2O7/c1-24-13-11-14(21)19-7-2-3-8(4-7)25-10(19)6-18(11)5-9(12(13)20)15(22)26-16(17)23/h5,7-8,10H,2-4,6,17H2,1H3/t7-,8+,10+/m0/s1. The highest BCUT2D eigenvalue weighted by Crippen LogP contribution is 2.38. The number of ether oxygens (including phenoxy) is 3. The lowest BCUT2D eigenvalue weighted by molar-refractivity contribution is -0.132. The van der Waals surface area contributed by atoms with Crippen LogP contribution in [0.4, 0.5) is 4.79 Å². The Kier molecular flexibility index (Phi) is 3.87. The average molecular weight is 360 g/mol. The van der Waals surface area contributed by atoms with Crippen molar-refractivity contribution in [3.05, 3.63) is 27.7 Å². The molecule has 0 N–H and O–H groups in total. The van der Waals surface area contributed by atoms with Gasteiger partial charge in [0.1, 0.15) is 5.56 Å². The van der Waals surface area contributed by atoms with Gasteiger partial charge in [-0.25, -0.2) is 4.79 Å². The molecule has 0 spiro atoms. The van der Waals surface area contributed by atoms with Crippen LogP contribution in [0.5, 0.6) is 5.75 Å². The third-order valence-electron chi connectivity index (χ3n) is 5.10. The van der Waals surface area contributed by atoms with E-state index in [0.717, 1.165) is 27.1 Å². The third-order valence-corrected chi connectivity index (χ3v) is 5.10. The zero-order valence-corrected chi connectivity index (χ0v) is 14.4. The fourth-order valence-corrected chi connectivity index (χ4v) is 4.06. The van der Waals surface area contributed by atoms with Crippen LogP contribution in [0.15, 0.2) is 11.0 Å². The van der Waals surface area contributed by atoms with Gasteiger partial charge in [0.15, 0.2) is 17.7 Å². The number of methoxy groups -OCH3 is 1. The number of carbonyl (C=O) groups is 3. The topological polar surface area (TPSA) is 104 Å². The van der Waals surface area contributed by atoms with Crippen LogP contribution in [0.25, 0.3) is 0 Å². The number of carbonyl (C=O) groups excluding carboxylic acids is 3. The molecule has 3 heterocycles. The van der Waals surface area contributed by atoms with E-state index in [-0.39, 0.29) is 41.6 Å². The molecule has 0 aromatic carbocycles. The van der Waals surface area contributed by atoms with Gasteiger partial charge in [-0.05, 0) is 19.3 Å². The Labute approximate surface area is 149 Å². The van der Waals surface area contributed by atoms with Crippen LogP contribution >= 0.6 is 0 Å². The van der Waals surface area contributed by atoms with Crippen molar-refractivity contribution in [3.63, 3.8) is 0 Å². The second-order valence-corrected chi connectivity index (χ2v) is 6.68. The van der Waals surface area contributed by atoms with E-state index in [1.807, 2.05) is 0 Å². The molecule has 2 bridgehead atoms. The lowest BCUT2D eigenvalue weighted by atomic mass is 10.1. The van der Waals surface area contributed by atoms with Crippen LogP contribution in [0.3, 0.4) is 0 Å². The lowest BCUT2D eigenvalue weighted by Crippen LogP contribution is -2.57. The number of fused-ring (bicyclic) bond motifs is 5. The van der Waals surface area contributed by atoms with E-state index >= 15 is 0 Å². The Morgan fingerprint density at radius 2 is 2.08 bits per heavy atom. The van der Waals surface area contributed by atoms with Gasteiger partial charge in [0, 0.05) is 12.2 Å². The minimum Gasteiger partial charge on any atom is -0.491 e. The largest absolute Gasteiger partial charge is 0.491 e. The summed E-state index contributed by atoms with van der Waals surface area (Å²) in [5.74, 6) is -2.49. The molecule has 1 aromatic heterocycles. The summed E-state index contributed by atoms with van der Waals surface area (Å²) in [5.41, 5.74) is -1.05. The van der Waals surface area contributed by atoms with Gasteiger partial charge in [0.25, 0.3) is 11.8 Å². The molecule has 2 fully saturated rings. The molecule has 1 aromatic rings. The number of hydrogen-bond donors (Lipinski definition) is 0. The quantitative estimate of drug-likeness (QED) is 0.398. The van der Waals surface area contributed by atoms with E-state index < -0.39 is 23.5 Å². The molecule has 1 aliphatic carbocycles. The Morgan fingerprint density at radius 3 is 2.77 bits per heavy atom. The van der Waals surface area contributed by atoms with Gasteiger partial charge >= 0.3 is 5.97 Å². The summed E-state index contributed by atoms with van der Waals surface area (Å²) < 4.78 is 17.1. The first-order chi connectivity index (χ1) is 12.4. The highest BCUT2D eigenvalue weighted by atomic mass is 16.6. The fraction of sp³-hybridized carbons (Fsp3) is 0.500. The maximum atomic E-state index is 13.1. The minimum atomic E-state index is -1.07. The molecule has 0 unspecified atom stereocenters. The maximum absolute atomic E-state index is 13.1. The van der Waals surface area contributed by atoms with E-state index in [0.29, 0.717) is 0 Å². The number of amides is 1. The summed E-state index contributed by atoms with van der Waals surface area (Å²) in [7, 11) is 2.33. The first-order valence-corrected chi connectivity index (χ1v) is 8.43. The first kappa shape index (κ1) is 16.8. The summed E-state index contributed by atoms with van der Waals surface area (Å²) in [6.45, 7) is 0.269. The second kappa shape index (κ2) is 5.98. The molecule has 1 saturated heterocycles. The van der Waals surface area contributed by atoms with Crippen molar-refractivity contribution in [1.29, 1.82) is 0 Å². The van der Waals surface area contributed by atoms with Crippen molar-refractivity contribution < 1.29 is 28.6 Å². The molecule has 4 rings (SSSR count). The summed E-state index contributed by atoms with van der Waals surface area (Å²) >= 11 is 0. The molecular weight excluding hydrogens is 343 g/mol. The van der Waals surface area contributed by atoms with E-state index in [1.165, 1.54) is 17.9 Å². The zero-order chi connectivity index (χ0) is 18.6. The third kappa shape index (κ3) is 2.44. The molecule has 9 nitrogen and oxygen atoms in total. The minimum absolute atomic E-state index is 0.0853. The predicted octanol–water partition coefficient (Wildman–Crippen LogP) is -0.500. The molecule has 10 heteroatoms. The number of pyridine rings is 1. The summed E-state index contributed by atoms with van der Waals surface area (Å²) in [5, 5.41) is 0. The SMILES string of the molecule is BC(=O)OC(=O)c1cn2c(c(OC)c1=O)C(=O)N1[C@H]3CC[C@H](C3)O[C@@H]1C2. The Bertz CT molecular complexity index is 880. The molecule has 1 amide bonds. The maximum Gasteiger partial charge on any atom is 0.350 e. The van der Waals surface area contributed by atoms with Crippen molar-refractivity contribution in [2.45, 2.75) is 44.2 Å². The van der Waals surface area contributed by atoms with Crippen LogP contribution in [0.1, 0.15) is 40.1 Å². The van der Waals surface area contributed by atoms with Crippen molar-refractivity contribution >= 4 is 25.6 Å². The molecular formula is C16H17BN2O7. The zero-order valence-electron chi connectivity index (χ0n) is 14.4. The Balaban J connectivity index is 1.82. The number of nitrogens with zero attached hydrogens (tertiary/aromatic N) is 2. The molecule has 3 aliphatic rings. The van der Waals surface area contributed by atoms with Gasteiger partial charge in [-0.1, -0.05) is 0 Å². The summed E-state index contributed by atoms with van der Waals surface area (Å²) in [6.07, 6.45) is 3.46. The molecule has 3 atom stereocenters. The molecule has 26 heavy (non-hydrogen) atoms. The van der Waals surface area contributed by atoms with Gasteiger partial charge in [0.05, 0.1) is 19.8 Å². The van der Waals surface area contributed by atoms with Crippen molar-refractivity contribution in [1.82, 2.24) is 9.47 Å². The van der Waals surface area contributed by atoms with Gasteiger partial charge in [-0.15, -0.1) is 0 Å². The Morgan fingerprint density at radius 1 is 1.31 bits per heavy atom. The van der Waals surface area contributed by atoms with E-state index in [2.05, 4.69) is 4.74 Å². The number of hydrogen-bond acceptors (Lipinski definition) is 7. The summed E-state index contributed by atoms with van der Waals surface area (Å²) in [4.78, 5) is 50.5. The van der Waals surface area contributed by atoms with Crippen molar-refractivity contribution in [3.8, 4) is 5.75 Å². The number of rotatable bonds is 2. The second-order valence-electron chi connectivity index (χ2n) is 6.68. The number of aromatic nitrogens is 1. The van der Waals surface area contributed by atoms with Crippen LogP contribution in [-0.2, 0) is 16.0 Å². The van der Waals surface area contributed by atoms with Gasteiger partial charge in [-0.2, -0.15) is 0 Å². The molecule has 0 radical (unpaired) electrons. The van der Waals surface area contributed by atoms with Gasteiger partial charge in [0.2, 0.25) is 13.3 Å². The van der Waals surface area contributed by atoms with Crippen molar-refractivity contribution in [2.75, 3.05) is 7.11 Å². The van der Waals surface area contributed by atoms with Crippen LogP contribution in [0, 0.1) is 0 Å². The monoisotopic (exact) mass is 360 g/mol. The van der Waals surface area contributed by atoms with E-state index in [4.69, 9.17) is 9.47 Å². The van der Waals surface area contributed by atoms with E-state index in [9.17, 15) is 19.2 Å². The van der Waals surface area contributed by atoms with Crippen LogP contribution in [0.2, 0.25) is 0 Å². The average Bonchev–Trinajstić information content (AvgIpc) is 2.95. The normalized spacial score (nSPS) is 26.1. The summed E-state index contributed by atoms with van der Waals surface area (Å²) in [6, 6.07) is 0.0853. The molecule has 2 aliphatic heterocycles. The Hall–Kier alpha value is -2.62. The predicted molar refractivity (Wildman–Crippen MR) is 89.1 cm³/mol. The van der Waals surface area contributed by atoms with Crippen LogP contribution in [-0.4, -0.2) is 60.5 Å². The van der Waals surface area contributed by atoms with Crippen LogP contribution < -0.4 is 10.2 Å². The first-order valence-electron chi connectivity index (χ1n) is 8.43. The smallest absolute Gasteiger partial charge is 0.350 e. The number of esters is 1. The highest BCUT2D eigenvalue weighted by Gasteiger charge is 2.47. The lowest BCUT2D eigenvalue weighted by Gasteiger charge is -2.44. The van der Waals surface area contributed by atoms with Gasteiger partial charge < -0.3 is 23.7 Å². The fourth-order valence-electron chi connectivity index (χ4n) is 4.06.